The number of carbonyl (C=O) groups excluding carboxylic acids is 1. The Balaban J connectivity index is 1.50. The summed E-state index contributed by atoms with van der Waals surface area (Å²) < 4.78 is 11.9. The van der Waals surface area contributed by atoms with E-state index < -0.39 is 5.41 Å². The SMILES string of the molecule is CNc1ncc(-c2nc3cc(C4CCCO4)ccc3o2)c2cc(C3(C(N)=O)CC3)ncc12. The molecule has 4 aromatic rings. The molecular formula is C24H23N5O3. The van der Waals surface area contributed by atoms with Gasteiger partial charge < -0.3 is 20.2 Å². The number of rotatable bonds is 5. The highest BCUT2D eigenvalue weighted by molar-refractivity contribution is 6.01. The van der Waals surface area contributed by atoms with Crippen LogP contribution in [0.25, 0.3) is 33.3 Å². The Morgan fingerprint density at radius 2 is 2.06 bits per heavy atom. The van der Waals surface area contributed by atoms with E-state index >= 15 is 0 Å². The lowest BCUT2D eigenvalue weighted by Gasteiger charge is -2.13. The number of oxazole rings is 1. The van der Waals surface area contributed by atoms with E-state index in [-0.39, 0.29) is 12.0 Å². The molecule has 1 aromatic carbocycles. The standard InChI is InChI=1S/C24H23N5O3/c1-26-21-15-11-27-20(24(6-7-24)23(25)30)10-14(15)16(12-28-21)22-29-17-9-13(4-5-19(17)32-22)18-3-2-8-31-18/h4-5,9-12,18H,2-3,6-8H2,1H3,(H2,25,30)(H,26,28). The number of hydrogen-bond acceptors (Lipinski definition) is 7. The molecule has 1 aliphatic heterocycles. The van der Waals surface area contributed by atoms with Crippen molar-refractivity contribution in [2.75, 3.05) is 19.0 Å². The number of nitrogens with zero attached hydrogens (tertiary/aromatic N) is 3. The van der Waals surface area contributed by atoms with Gasteiger partial charge in [-0.15, -0.1) is 0 Å². The Bertz CT molecular complexity index is 1370. The Kier molecular flexibility index (Phi) is 4.19. The van der Waals surface area contributed by atoms with Crippen molar-refractivity contribution in [3.63, 3.8) is 0 Å². The quantitative estimate of drug-likeness (QED) is 0.495. The second-order valence-corrected chi connectivity index (χ2v) is 8.58. The topological polar surface area (TPSA) is 116 Å². The third-order valence-corrected chi connectivity index (χ3v) is 6.66. The van der Waals surface area contributed by atoms with Gasteiger partial charge in [-0.3, -0.25) is 9.78 Å². The molecule has 2 fully saturated rings. The second kappa shape index (κ2) is 7.00. The summed E-state index contributed by atoms with van der Waals surface area (Å²) in [5, 5.41) is 4.80. The van der Waals surface area contributed by atoms with Crippen LogP contribution in [0.1, 0.15) is 43.0 Å². The van der Waals surface area contributed by atoms with Gasteiger partial charge in [0.25, 0.3) is 0 Å². The van der Waals surface area contributed by atoms with E-state index in [1.807, 2.05) is 31.3 Å². The lowest BCUT2D eigenvalue weighted by Crippen LogP contribution is -2.29. The molecule has 3 N–H and O–H groups in total. The molecule has 1 saturated heterocycles. The van der Waals surface area contributed by atoms with Gasteiger partial charge in [0.05, 0.1) is 22.8 Å². The van der Waals surface area contributed by atoms with Crippen LogP contribution in [0.15, 0.2) is 41.1 Å². The number of primary amides is 1. The summed E-state index contributed by atoms with van der Waals surface area (Å²) >= 11 is 0. The molecule has 1 atom stereocenters. The fourth-order valence-electron chi connectivity index (χ4n) is 4.62. The van der Waals surface area contributed by atoms with E-state index in [1.54, 1.807) is 12.4 Å². The molecule has 8 nitrogen and oxygen atoms in total. The van der Waals surface area contributed by atoms with E-state index in [9.17, 15) is 4.79 Å². The smallest absolute Gasteiger partial charge is 0.229 e. The zero-order chi connectivity index (χ0) is 21.9. The Labute approximate surface area is 184 Å². The summed E-state index contributed by atoms with van der Waals surface area (Å²) in [6, 6.07) is 7.95. The fourth-order valence-corrected chi connectivity index (χ4v) is 4.62. The Morgan fingerprint density at radius 1 is 1.19 bits per heavy atom. The van der Waals surface area contributed by atoms with Gasteiger partial charge in [-0.05, 0) is 49.4 Å². The fraction of sp³-hybridized carbons (Fsp3) is 0.333. The molecule has 0 spiro atoms. The first-order chi connectivity index (χ1) is 15.6. The van der Waals surface area contributed by atoms with Crippen molar-refractivity contribution < 1.29 is 13.9 Å². The summed E-state index contributed by atoms with van der Waals surface area (Å²) in [7, 11) is 1.81. The van der Waals surface area contributed by atoms with E-state index in [0.717, 1.165) is 59.7 Å². The number of fused-ring (bicyclic) bond motifs is 2. The maximum atomic E-state index is 12.1. The Morgan fingerprint density at radius 3 is 2.78 bits per heavy atom. The van der Waals surface area contributed by atoms with Crippen molar-refractivity contribution in [1.82, 2.24) is 15.0 Å². The number of hydrogen-bond donors (Lipinski definition) is 2. The van der Waals surface area contributed by atoms with Crippen molar-refractivity contribution in [3.8, 4) is 11.5 Å². The molecule has 8 heteroatoms. The average Bonchev–Trinajstić information content (AvgIpc) is 3.25. The normalized spacial score (nSPS) is 19.5. The monoisotopic (exact) mass is 429 g/mol. The molecule has 162 valence electrons. The highest BCUT2D eigenvalue weighted by atomic mass is 16.5. The number of carbonyl (C=O) groups is 1. The third kappa shape index (κ3) is 2.86. The van der Waals surface area contributed by atoms with Crippen LogP contribution in [0.5, 0.6) is 0 Å². The molecule has 32 heavy (non-hydrogen) atoms. The molecule has 0 radical (unpaired) electrons. The zero-order valence-corrected chi connectivity index (χ0v) is 17.7. The zero-order valence-electron chi connectivity index (χ0n) is 17.7. The lowest BCUT2D eigenvalue weighted by atomic mass is 9.98. The largest absolute Gasteiger partial charge is 0.436 e. The Hall–Kier alpha value is -3.52. The van der Waals surface area contributed by atoms with Crippen LogP contribution >= 0.6 is 0 Å². The van der Waals surface area contributed by atoms with Crippen LogP contribution in [-0.2, 0) is 14.9 Å². The number of aromatic nitrogens is 3. The van der Waals surface area contributed by atoms with Crippen molar-refractivity contribution in [3.05, 3.63) is 47.9 Å². The highest BCUT2D eigenvalue weighted by Crippen LogP contribution is 2.48. The number of ether oxygens (including phenoxy) is 1. The minimum absolute atomic E-state index is 0.120. The average molecular weight is 429 g/mol. The first-order valence-corrected chi connectivity index (χ1v) is 10.9. The predicted octanol–water partition coefficient (Wildman–Crippen LogP) is 3.85. The van der Waals surface area contributed by atoms with Crippen LogP contribution < -0.4 is 11.1 Å². The molecule has 6 rings (SSSR count). The molecule has 3 aromatic heterocycles. The van der Waals surface area contributed by atoms with Crippen LogP contribution in [0.3, 0.4) is 0 Å². The van der Waals surface area contributed by atoms with Gasteiger partial charge in [-0.1, -0.05) is 6.07 Å². The highest BCUT2D eigenvalue weighted by Gasteiger charge is 2.51. The molecule has 0 bridgehead atoms. The minimum atomic E-state index is -0.675. The lowest BCUT2D eigenvalue weighted by molar-refractivity contribution is -0.120. The summed E-state index contributed by atoms with van der Waals surface area (Å²) in [4.78, 5) is 25.9. The maximum Gasteiger partial charge on any atom is 0.229 e. The molecule has 4 heterocycles. The van der Waals surface area contributed by atoms with Gasteiger partial charge in [-0.2, -0.15) is 0 Å². The predicted molar refractivity (Wildman–Crippen MR) is 120 cm³/mol. The summed E-state index contributed by atoms with van der Waals surface area (Å²) in [6.07, 6.45) is 7.14. The van der Waals surface area contributed by atoms with Crippen LogP contribution in [0, 0.1) is 0 Å². The molecule has 2 aliphatic rings. The molecule has 1 saturated carbocycles. The summed E-state index contributed by atoms with van der Waals surface area (Å²) in [6.45, 7) is 0.797. The first kappa shape index (κ1) is 19.2. The van der Waals surface area contributed by atoms with Gasteiger partial charge in [0.2, 0.25) is 11.8 Å². The third-order valence-electron chi connectivity index (χ3n) is 6.66. The van der Waals surface area contributed by atoms with Crippen molar-refractivity contribution in [1.29, 1.82) is 0 Å². The number of nitrogens with one attached hydrogen (secondary N) is 1. The van der Waals surface area contributed by atoms with Gasteiger partial charge in [0, 0.05) is 36.8 Å². The van der Waals surface area contributed by atoms with Crippen LogP contribution in [0.4, 0.5) is 5.82 Å². The van der Waals surface area contributed by atoms with Crippen molar-refractivity contribution >= 4 is 33.6 Å². The number of anilines is 1. The van der Waals surface area contributed by atoms with E-state index in [0.29, 0.717) is 23.0 Å². The van der Waals surface area contributed by atoms with E-state index in [2.05, 4.69) is 15.3 Å². The van der Waals surface area contributed by atoms with Crippen molar-refractivity contribution in [2.24, 2.45) is 5.73 Å². The van der Waals surface area contributed by atoms with Gasteiger partial charge in [0.1, 0.15) is 11.3 Å². The first-order valence-electron chi connectivity index (χ1n) is 10.9. The molecular weight excluding hydrogens is 406 g/mol. The minimum Gasteiger partial charge on any atom is -0.436 e. The number of amides is 1. The van der Waals surface area contributed by atoms with Crippen molar-refractivity contribution in [2.45, 2.75) is 37.2 Å². The molecule has 1 unspecified atom stereocenters. The van der Waals surface area contributed by atoms with Crippen LogP contribution in [0.2, 0.25) is 0 Å². The van der Waals surface area contributed by atoms with Gasteiger partial charge in [0.15, 0.2) is 5.58 Å². The van der Waals surface area contributed by atoms with E-state index in [4.69, 9.17) is 19.9 Å². The number of benzene rings is 1. The van der Waals surface area contributed by atoms with Crippen LogP contribution in [-0.4, -0.2) is 34.5 Å². The summed E-state index contributed by atoms with van der Waals surface area (Å²) in [5.41, 5.74) is 9.05. The second-order valence-electron chi connectivity index (χ2n) is 8.58. The summed E-state index contributed by atoms with van der Waals surface area (Å²) in [5.74, 6) is 0.839. The molecule has 1 aliphatic carbocycles. The maximum absolute atomic E-state index is 12.1. The van der Waals surface area contributed by atoms with E-state index in [1.165, 1.54) is 0 Å². The number of pyridine rings is 2. The number of nitrogens with two attached hydrogens (primary N) is 1. The van der Waals surface area contributed by atoms with Gasteiger partial charge in [-0.25, -0.2) is 9.97 Å². The van der Waals surface area contributed by atoms with Gasteiger partial charge >= 0.3 is 0 Å². The molecule has 1 amide bonds.